The third kappa shape index (κ3) is 43.8. The fraction of sp³-hybridized carbons (Fsp3) is 0.909. The van der Waals surface area contributed by atoms with E-state index in [1.165, 1.54) is 218 Å². The summed E-state index contributed by atoms with van der Waals surface area (Å²) in [6.07, 6.45) is 59.6. The summed E-state index contributed by atoms with van der Waals surface area (Å²) < 4.78 is 0. The number of hydrogen-bond donors (Lipinski definition) is 5. The fourth-order valence-electron chi connectivity index (χ4n) is 8.60. The zero-order valence-corrected chi connectivity index (χ0v) is 40.9. The van der Waals surface area contributed by atoms with Crippen LogP contribution in [0.5, 0.6) is 0 Å². The summed E-state index contributed by atoms with van der Waals surface area (Å²) in [5, 5.41) is 43.9. The summed E-state index contributed by atoms with van der Waals surface area (Å²) in [5.41, 5.74) is 0. The van der Waals surface area contributed by atoms with Crippen LogP contribution >= 0.6 is 0 Å². The third-order valence-corrected chi connectivity index (χ3v) is 12.9. The lowest BCUT2D eigenvalue weighted by molar-refractivity contribution is -0.132. The van der Waals surface area contributed by atoms with Crippen molar-refractivity contribution >= 4 is 5.91 Å². The van der Waals surface area contributed by atoms with E-state index in [0.717, 1.165) is 38.5 Å². The van der Waals surface area contributed by atoms with Crippen molar-refractivity contribution < 1.29 is 25.2 Å². The molecule has 362 valence electrons. The van der Waals surface area contributed by atoms with Crippen LogP contribution in [0.4, 0.5) is 0 Å². The van der Waals surface area contributed by atoms with E-state index in [1.807, 2.05) is 0 Å². The Morgan fingerprint density at radius 1 is 0.393 bits per heavy atom. The minimum atomic E-state index is -1.29. The molecule has 0 aliphatic rings. The van der Waals surface area contributed by atoms with Crippen molar-refractivity contribution in [1.82, 2.24) is 5.32 Å². The molecule has 0 bridgehead atoms. The summed E-state index contributed by atoms with van der Waals surface area (Å²) in [5.74, 6) is -0.592. The number of carbonyl (C=O) groups excluding carboxylic acids is 1. The van der Waals surface area contributed by atoms with Crippen LogP contribution in [0, 0.1) is 0 Å². The van der Waals surface area contributed by atoms with Crippen LogP contribution in [-0.4, -0.2) is 57.3 Å². The second-order valence-corrected chi connectivity index (χ2v) is 18.9. The number of unbranched alkanes of at least 4 members (excludes halogenated alkanes) is 37. The van der Waals surface area contributed by atoms with Crippen molar-refractivity contribution in [2.24, 2.45) is 0 Å². The topological polar surface area (TPSA) is 110 Å². The highest BCUT2D eigenvalue weighted by Gasteiger charge is 2.28. The van der Waals surface area contributed by atoms with Gasteiger partial charge in [0.25, 0.3) is 0 Å². The summed E-state index contributed by atoms with van der Waals surface area (Å²) in [6, 6.07) is -1.01. The molecule has 4 unspecified atom stereocenters. The number of hydrogen-bond acceptors (Lipinski definition) is 5. The first-order valence-electron chi connectivity index (χ1n) is 27.2. The Bertz CT molecular complexity index is 924. The first kappa shape index (κ1) is 59.8. The van der Waals surface area contributed by atoms with Crippen LogP contribution in [0.3, 0.4) is 0 Å². The molecule has 0 aromatic rings. The monoisotopic (exact) mass is 862 g/mol. The first-order chi connectivity index (χ1) is 30.0. The molecule has 6 heteroatoms. The number of nitrogens with one attached hydrogen (secondary N) is 1. The highest BCUT2D eigenvalue weighted by molar-refractivity contribution is 5.80. The van der Waals surface area contributed by atoms with Crippen LogP contribution in [-0.2, 0) is 4.79 Å². The molecule has 0 aliphatic heterocycles. The van der Waals surface area contributed by atoms with Gasteiger partial charge in [-0.05, 0) is 51.4 Å². The van der Waals surface area contributed by atoms with Crippen LogP contribution in [0.25, 0.3) is 0 Å². The molecule has 0 heterocycles. The van der Waals surface area contributed by atoms with Crippen LogP contribution in [0.1, 0.15) is 290 Å². The molecule has 0 radical (unpaired) electrons. The predicted molar refractivity (Wildman–Crippen MR) is 265 cm³/mol. The van der Waals surface area contributed by atoms with Crippen LogP contribution in [0.15, 0.2) is 24.3 Å². The number of aliphatic hydroxyl groups is 4. The summed E-state index contributed by atoms with van der Waals surface area (Å²) in [6.45, 7) is 4.07. The van der Waals surface area contributed by atoms with E-state index < -0.39 is 36.9 Å². The molecule has 0 fully saturated rings. The molecule has 6 nitrogen and oxygen atoms in total. The summed E-state index contributed by atoms with van der Waals surface area (Å²) in [4.78, 5) is 12.6. The number of aliphatic hydroxyl groups excluding tert-OH is 4. The molecule has 4 atom stereocenters. The number of amides is 1. The Morgan fingerprint density at radius 3 is 1.03 bits per heavy atom. The van der Waals surface area contributed by atoms with Gasteiger partial charge in [0.15, 0.2) is 0 Å². The van der Waals surface area contributed by atoms with Crippen molar-refractivity contribution in [2.45, 2.75) is 314 Å². The van der Waals surface area contributed by atoms with Crippen molar-refractivity contribution in [3.05, 3.63) is 24.3 Å². The normalized spacial score (nSPS) is 14.0. The second-order valence-electron chi connectivity index (χ2n) is 18.9. The molecule has 1 amide bonds. The van der Waals surface area contributed by atoms with Crippen molar-refractivity contribution in [3.63, 3.8) is 0 Å². The number of rotatable bonds is 50. The van der Waals surface area contributed by atoms with E-state index in [1.54, 1.807) is 0 Å². The van der Waals surface area contributed by atoms with Crippen LogP contribution < -0.4 is 5.32 Å². The van der Waals surface area contributed by atoms with Crippen molar-refractivity contribution in [3.8, 4) is 0 Å². The highest BCUT2D eigenvalue weighted by atomic mass is 16.3. The van der Waals surface area contributed by atoms with Gasteiger partial charge in [0, 0.05) is 0 Å². The van der Waals surface area contributed by atoms with Crippen LogP contribution in [0.2, 0.25) is 0 Å². The maximum absolute atomic E-state index is 12.6. The molecule has 0 aromatic carbocycles. The Balaban J connectivity index is 3.65. The third-order valence-electron chi connectivity index (χ3n) is 12.9. The standard InChI is InChI=1S/C55H107NO5/c1-3-5-7-9-11-13-15-17-19-21-23-24-25-26-27-28-29-31-33-35-37-39-41-43-45-47-49-53(59)55(61)56-51(50-57)54(60)52(58)48-46-44-42-40-38-36-34-32-30-22-20-18-16-14-12-10-8-6-4-2/h32,34,40,42,51-54,57-60H,3-31,33,35-39,41,43-50H2,1-2H3,(H,56,61)/b34-32+,42-40+. The van der Waals surface area contributed by atoms with E-state index in [2.05, 4.69) is 43.5 Å². The maximum atomic E-state index is 12.6. The zero-order valence-electron chi connectivity index (χ0n) is 40.9. The SMILES string of the molecule is CCCCCCCCCCCC/C=C/CC/C=C/CCCC(O)C(O)C(CO)NC(=O)C(O)CCCCCCCCCCCCCCCCCCCCCCCCCCCC. The van der Waals surface area contributed by atoms with Gasteiger partial charge in [-0.1, -0.05) is 263 Å². The van der Waals surface area contributed by atoms with Gasteiger partial charge < -0.3 is 25.7 Å². The molecular formula is C55H107NO5. The predicted octanol–water partition coefficient (Wildman–Crippen LogP) is 15.5. The van der Waals surface area contributed by atoms with Gasteiger partial charge in [0.2, 0.25) is 5.91 Å². The second kappa shape index (κ2) is 49.8. The fourth-order valence-corrected chi connectivity index (χ4v) is 8.60. The van der Waals surface area contributed by atoms with E-state index >= 15 is 0 Å². The molecule has 0 aliphatic carbocycles. The van der Waals surface area contributed by atoms with E-state index in [9.17, 15) is 25.2 Å². The van der Waals surface area contributed by atoms with Gasteiger partial charge in [-0.3, -0.25) is 4.79 Å². The average molecular weight is 862 g/mol. The number of carbonyl (C=O) groups is 1. The molecule has 61 heavy (non-hydrogen) atoms. The molecular weight excluding hydrogens is 755 g/mol. The molecule has 0 saturated carbocycles. The van der Waals surface area contributed by atoms with E-state index in [0.29, 0.717) is 19.3 Å². The van der Waals surface area contributed by atoms with E-state index in [-0.39, 0.29) is 0 Å². The van der Waals surface area contributed by atoms with Crippen molar-refractivity contribution in [1.29, 1.82) is 0 Å². The average Bonchev–Trinajstić information content (AvgIpc) is 3.26. The Kier molecular flexibility index (Phi) is 48.8. The minimum absolute atomic E-state index is 0.365. The molecule has 0 rings (SSSR count). The van der Waals surface area contributed by atoms with Gasteiger partial charge >= 0.3 is 0 Å². The van der Waals surface area contributed by atoms with Gasteiger partial charge in [-0.2, -0.15) is 0 Å². The molecule has 0 spiro atoms. The maximum Gasteiger partial charge on any atom is 0.249 e. The largest absolute Gasteiger partial charge is 0.394 e. The summed E-state index contributed by atoms with van der Waals surface area (Å²) in [7, 11) is 0. The molecule has 0 saturated heterocycles. The first-order valence-corrected chi connectivity index (χ1v) is 27.2. The molecule has 5 N–H and O–H groups in total. The van der Waals surface area contributed by atoms with Gasteiger partial charge in [-0.25, -0.2) is 0 Å². The highest BCUT2D eigenvalue weighted by Crippen LogP contribution is 2.17. The lowest BCUT2D eigenvalue weighted by Crippen LogP contribution is -2.53. The Labute approximate surface area is 380 Å². The Hall–Kier alpha value is -1.21. The lowest BCUT2D eigenvalue weighted by Gasteiger charge is -2.27. The zero-order chi connectivity index (χ0) is 44.5. The quantitative estimate of drug-likeness (QED) is 0.0309. The molecule has 0 aromatic heterocycles. The van der Waals surface area contributed by atoms with Gasteiger partial charge in [-0.15, -0.1) is 0 Å². The van der Waals surface area contributed by atoms with Crippen molar-refractivity contribution in [2.75, 3.05) is 6.61 Å². The summed E-state index contributed by atoms with van der Waals surface area (Å²) >= 11 is 0. The minimum Gasteiger partial charge on any atom is -0.394 e. The Morgan fingerprint density at radius 2 is 0.689 bits per heavy atom. The smallest absolute Gasteiger partial charge is 0.249 e. The lowest BCUT2D eigenvalue weighted by atomic mass is 10.00. The van der Waals surface area contributed by atoms with E-state index in [4.69, 9.17) is 0 Å². The van der Waals surface area contributed by atoms with Gasteiger partial charge in [0.1, 0.15) is 12.2 Å². The number of allylic oxidation sites excluding steroid dienone is 4. The van der Waals surface area contributed by atoms with Gasteiger partial charge in [0.05, 0.1) is 18.8 Å².